The van der Waals surface area contributed by atoms with E-state index in [1.807, 2.05) is 0 Å². The molecule has 0 rings (SSSR count). The molecule has 0 amide bonds. The normalized spacial score (nSPS) is 12.5. The number of nitrogens with zero attached hydrogens (tertiary/aromatic N) is 2. The Labute approximate surface area is 134 Å². The van der Waals surface area contributed by atoms with Crippen LogP contribution < -0.4 is 0 Å². The third kappa shape index (κ3) is 10.3. The second-order valence-electron chi connectivity index (χ2n) is 6.62. The van der Waals surface area contributed by atoms with Gasteiger partial charge in [0, 0.05) is 12.2 Å². The van der Waals surface area contributed by atoms with Crippen molar-refractivity contribution in [3.8, 4) is 0 Å². The average molecular weight is 316 g/mol. The number of carbonyl (C=O) groups excluding carboxylic acids is 2. The Morgan fingerprint density at radius 1 is 0.773 bits per heavy atom. The first-order valence-corrected chi connectivity index (χ1v) is 7.77. The maximum Gasteiger partial charge on any atom is 0.331 e. The summed E-state index contributed by atoms with van der Waals surface area (Å²) in [7, 11) is 8.27. The zero-order valence-corrected chi connectivity index (χ0v) is 14.9. The van der Waals surface area contributed by atoms with Crippen molar-refractivity contribution in [2.45, 2.75) is 13.8 Å². The lowest BCUT2D eigenvalue weighted by molar-refractivity contribution is -0.888. The van der Waals surface area contributed by atoms with Gasteiger partial charge in [0.25, 0.3) is 0 Å². The third-order valence-corrected chi connectivity index (χ3v) is 3.95. The van der Waals surface area contributed by atoms with Gasteiger partial charge in [0.2, 0.25) is 0 Å². The molecule has 0 aromatic rings. The minimum Gasteiger partial charge on any atom is -0.457 e. The molecule has 6 nitrogen and oxygen atoms in total. The second-order valence-corrected chi connectivity index (χ2v) is 6.62. The van der Waals surface area contributed by atoms with Gasteiger partial charge < -0.3 is 18.4 Å². The third-order valence-electron chi connectivity index (χ3n) is 3.95. The Bertz CT molecular complexity index is 354. The van der Waals surface area contributed by atoms with Crippen molar-refractivity contribution in [1.29, 1.82) is 0 Å². The van der Waals surface area contributed by atoms with E-state index in [0.29, 0.717) is 13.2 Å². The first-order valence-electron chi connectivity index (χ1n) is 7.77. The predicted octanol–water partition coefficient (Wildman–Crippen LogP) is 0.822. The smallest absolute Gasteiger partial charge is 0.331 e. The summed E-state index contributed by atoms with van der Waals surface area (Å²) in [6.45, 7) is 8.24. The van der Waals surface area contributed by atoms with E-state index >= 15 is 0 Å². The molecule has 0 heterocycles. The lowest BCUT2D eigenvalue weighted by Crippen LogP contribution is -2.42. The molecule has 0 aromatic heterocycles. The van der Waals surface area contributed by atoms with Crippen LogP contribution in [0.1, 0.15) is 13.8 Å². The summed E-state index contributed by atoms with van der Waals surface area (Å²) in [5.41, 5.74) is 0. The monoisotopic (exact) mass is 316 g/mol. The first kappa shape index (κ1) is 20.6. The van der Waals surface area contributed by atoms with E-state index in [2.05, 4.69) is 42.0 Å². The highest BCUT2D eigenvalue weighted by molar-refractivity contribution is 5.91. The van der Waals surface area contributed by atoms with E-state index in [1.54, 1.807) is 0 Å². The summed E-state index contributed by atoms with van der Waals surface area (Å²) in [6, 6.07) is 0. The second kappa shape index (κ2) is 9.58. The van der Waals surface area contributed by atoms with Gasteiger partial charge >= 0.3 is 11.9 Å². The highest BCUT2D eigenvalue weighted by Gasteiger charge is 2.13. The van der Waals surface area contributed by atoms with Crippen LogP contribution in [0.4, 0.5) is 0 Å². The number of likely N-dealkylation sites (N-methyl/N-ethyl adjacent to an activating group) is 2. The fraction of sp³-hybridized carbons (Fsp3) is 0.750. The molecule has 22 heavy (non-hydrogen) atoms. The molecule has 0 unspecified atom stereocenters. The molecule has 0 bridgehead atoms. The van der Waals surface area contributed by atoms with Crippen LogP contribution in [-0.4, -0.2) is 88.5 Å². The van der Waals surface area contributed by atoms with Gasteiger partial charge in [0.15, 0.2) is 0 Å². The molecular formula is C16H32N2O4+2. The van der Waals surface area contributed by atoms with Crippen LogP contribution in [0.5, 0.6) is 0 Å². The lowest BCUT2D eigenvalue weighted by Gasteiger charge is -2.27. The SMILES string of the molecule is CC[N+](C)(C)CCOC(=O)/C=C\C(=O)OCC[N+](C)(C)CC. The van der Waals surface area contributed by atoms with Crippen molar-refractivity contribution < 1.29 is 28.0 Å². The number of rotatable bonds is 10. The predicted molar refractivity (Wildman–Crippen MR) is 86.1 cm³/mol. The van der Waals surface area contributed by atoms with Crippen molar-refractivity contribution in [2.24, 2.45) is 0 Å². The van der Waals surface area contributed by atoms with Gasteiger partial charge in [0.05, 0.1) is 41.3 Å². The van der Waals surface area contributed by atoms with Crippen molar-refractivity contribution in [2.75, 3.05) is 67.6 Å². The summed E-state index contributed by atoms with van der Waals surface area (Å²) in [5.74, 6) is -1.03. The number of ether oxygens (including phenoxy) is 2. The molecular weight excluding hydrogens is 284 g/mol. The highest BCUT2D eigenvalue weighted by Crippen LogP contribution is 1.97. The Kier molecular flexibility index (Phi) is 8.97. The summed E-state index contributed by atoms with van der Waals surface area (Å²) in [5, 5.41) is 0. The standard InChI is InChI=1S/C16H32N2O4/c1-7-17(3,4)11-13-21-15(19)9-10-16(20)22-14-12-18(5,6)8-2/h9-10H,7-8,11-14H2,1-6H3/q+2/b10-9-. The Balaban J connectivity index is 3.95. The molecule has 0 spiro atoms. The Morgan fingerprint density at radius 3 is 1.36 bits per heavy atom. The Hall–Kier alpha value is -1.40. The molecule has 0 aliphatic rings. The van der Waals surface area contributed by atoms with Crippen LogP contribution >= 0.6 is 0 Å². The van der Waals surface area contributed by atoms with Gasteiger partial charge in [0.1, 0.15) is 26.3 Å². The largest absolute Gasteiger partial charge is 0.457 e. The highest BCUT2D eigenvalue weighted by atomic mass is 16.5. The minimum absolute atomic E-state index is 0.335. The maximum atomic E-state index is 11.5. The van der Waals surface area contributed by atoms with Gasteiger partial charge in [-0.05, 0) is 13.8 Å². The van der Waals surface area contributed by atoms with Crippen LogP contribution in [0.25, 0.3) is 0 Å². The van der Waals surface area contributed by atoms with E-state index in [0.717, 1.165) is 47.3 Å². The van der Waals surface area contributed by atoms with Gasteiger partial charge in [-0.25, -0.2) is 9.59 Å². The maximum absolute atomic E-state index is 11.5. The van der Waals surface area contributed by atoms with Crippen LogP contribution in [0.2, 0.25) is 0 Å². The molecule has 6 heteroatoms. The number of quaternary nitrogens is 2. The van der Waals surface area contributed by atoms with E-state index in [-0.39, 0.29) is 0 Å². The van der Waals surface area contributed by atoms with E-state index in [1.165, 1.54) is 0 Å². The quantitative estimate of drug-likeness (QED) is 0.340. The number of carbonyl (C=O) groups is 2. The molecule has 0 radical (unpaired) electrons. The van der Waals surface area contributed by atoms with E-state index < -0.39 is 11.9 Å². The topological polar surface area (TPSA) is 52.6 Å². The number of hydrogen-bond donors (Lipinski definition) is 0. The molecule has 0 aromatic carbocycles. The number of esters is 2. The molecule has 0 saturated heterocycles. The van der Waals surface area contributed by atoms with Crippen molar-refractivity contribution in [3.63, 3.8) is 0 Å². The fourth-order valence-electron chi connectivity index (χ4n) is 1.34. The van der Waals surface area contributed by atoms with Crippen molar-refractivity contribution in [1.82, 2.24) is 0 Å². The number of hydrogen-bond acceptors (Lipinski definition) is 4. The molecule has 0 aliphatic heterocycles. The lowest BCUT2D eigenvalue weighted by atomic mass is 10.4. The zero-order chi connectivity index (χ0) is 17.2. The zero-order valence-electron chi connectivity index (χ0n) is 14.9. The first-order chi connectivity index (χ1) is 10.1. The summed E-state index contributed by atoms with van der Waals surface area (Å²) < 4.78 is 11.7. The average Bonchev–Trinajstić information content (AvgIpc) is 2.45. The van der Waals surface area contributed by atoms with Crippen LogP contribution in [0, 0.1) is 0 Å². The van der Waals surface area contributed by atoms with Crippen LogP contribution in [-0.2, 0) is 19.1 Å². The van der Waals surface area contributed by atoms with Crippen molar-refractivity contribution in [3.05, 3.63) is 12.2 Å². The van der Waals surface area contributed by atoms with Crippen LogP contribution in [0.15, 0.2) is 12.2 Å². The van der Waals surface area contributed by atoms with Crippen LogP contribution in [0.3, 0.4) is 0 Å². The molecule has 0 fully saturated rings. The molecule has 128 valence electrons. The minimum atomic E-state index is -0.516. The van der Waals surface area contributed by atoms with E-state index in [9.17, 15) is 9.59 Å². The van der Waals surface area contributed by atoms with E-state index in [4.69, 9.17) is 9.47 Å². The Morgan fingerprint density at radius 2 is 1.09 bits per heavy atom. The van der Waals surface area contributed by atoms with Gasteiger partial charge in [-0.1, -0.05) is 0 Å². The van der Waals surface area contributed by atoms with Gasteiger partial charge in [-0.15, -0.1) is 0 Å². The molecule has 0 atom stereocenters. The molecule has 0 aliphatic carbocycles. The summed E-state index contributed by atoms with van der Waals surface area (Å²) in [6.07, 6.45) is 2.24. The summed E-state index contributed by atoms with van der Waals surface area (Å²) in [4.78, 5) is 22.9. The molecule has 0 N–H and O–H groups in total. The molecule has 0 saturated carbocycles. The fourth-order valence-corrected chi connectivity index (χ4v) is 1.34. The van der Waals surface area contributed by atoms with Gasteiger partial charge in [-0.2, -0.15) is 0 Å². The van der Waals surface area contributed by atoms with Crippen molar-refractivity contribution >= 4 is 11.9 Å². The van der Waals surface area contributed by atoms with Gasteiger partial charge in [-0.3, -0.25) is 0 Å². The summed E-state index contributed by atoms with van der Waals surface area (Å²) >= 11 is 0.